The second-order valence-electron chi connectivity index (χ2n) is 8.68. The zero-order chi connectivity index (χ0) is 24.1. The third kappa shape index (κ3) is 4.14. The highest BCUT2D eigenvalue weighted by Gasteiger charge is 2.46. The molecule has 2 fully saturated rings. The summed E-state index contributed by atoms with van der Waals surface area (Å²) in [6.45, 7) is 0.667. The topological polar surface area (TPSA) is 80.0 Å². The van der Waals surface area contributed by atoms with Crippen molar-refractivity contribution < 1.29 is 26.7 Å². The highest BCUT2D eigenvalue weighted by molar-refractivity contribution is 5.96. The van der Waals surface area contributed by atoms with Crippen molar-refractivity contribution in [3.8, 4) is 0 Å². The van der Waals surface area contributed by atoms with E-state index in [0.29, 0.717) is 38.0 Å². The Hall–Kier alpha value is -3.38. The molecule has 180 valence electrons. The molecule has 2 aliphatic rings. The fourth-order valence-corrected chi connectivity index (χ4v) is 4.64. The van der Waals surface area contributed by atoms with Crippen molar-refractivity contribution in [1.82, 2.24) is 24.7 Å². The number of fused-ring (bicyclic) bond motifs is 1. The average molecular weight is 481 g/mol. The van der Waals surface area contributed by atoms with Crippen LogP contribution in [0.3, 0.4) is 0 Å². The van der Waals surface area contributed by atoms with Crippen molar-refractivity contribution in [2.45, 2.75) is 38.4 Å². The fourth-order valence-electron chi connectivity index (χ4n) is 4.64. The molecule has 0 bridgehead atoms. The summed E-state index contributed by atoms with van der Waals surface area (Å²) in [5, 5.41) is 3.89. The Morgan fingerprint density at radius 2 is 1.82 bits per heavy atom. The summed E-state index contributed by atoms with van der Waals surface area (Å²) < 4.78 is 65.7. The minimum absolute atomic E-state index is 0.154. The molecule has 1 amide bonds. The summed E-state index contributed by atoms with van der Waals surface area (Å²) in [7, 11) is 0. The second kappa shape index (κ2) is 8.13. The number of halogens is 5. The first-order valence-electron chi connectivity index (χ1n) is 10.7. The van der Waals surface area contributed by atoms with Crippen molar-refractivity contribution in [2.75, 3.05) is 29.4 Å². The highest BCUT2D eigenvalue weighted by atomic mass is 19.4. The summed E-state index contributed by atoms with van der Waals surface area (Å²) in [5.74, 6) is 0.376. The van der Waals surface area contributed by atoms with Gasteiger partial charge in [0.15, 0.2) is 11.5 Å². The molecule has 13 heteroatoms. The molecule has 1 spiro atoms. The monoisotopic (exact) mass is 481 g/mol. The summed E-state index contributed by atoms with van der Waals surface area (Å²) in [6, 6.07) is 3.82. The van der Waals surface area contributed by atoms with Gasteiger partial charge in [0, 0.05) is 31.5 Å². The van der Waals surface area contributed by atoms with Crippen molar-refractivity contribution in [3.63, 3.8) is 0 Å². The molecular formula is C21H20F5N7O. The van der Waals surface area contributed by atoms with E-state index in [9.17, 15) is 26.7 Å². The van der Waals surface area contributed by atoms with E-state index in [1.165, 1.54) is 23.4 Å². The third-order valence-corrected chi connectivity index (χ3v) is 6.41. The largest absolute Gasteiger partial charge is 0.433 e. The molecule has 0 N–H and O–H groups in total. The van der Waals surface area contributed by atoms with Crippen LogP contribution in [0.25, 0.3) is 11.2 Å². The van der Waals surface area contributed by atoms with Crippen LogP contribution in [0.15, 0.2) is 30.6 Å². The quantitative estimate of drug-likeness (QED) is 0.531. The smallest absolute Gasteiger partial charge is 0.357 e. The number of hydrogen-bond donors (Lipinski definition) is 0. The van der Waals surface area contributed by atoms with Gasteiger partial charge in [-0.2, -0.15) is 18.3 Å². The van der Waals surface area contributed by atoms with Crippen molar-refractivity contribution in [1.29, 1.82) is 0 Å². The number of rotatable bonds is 4. The van der Waals surface area contributed by atoms with Gasteiger partial charge in [-0.05, 0) is 25.0 Å². The number of alkyl halides is 5. The first kappa shape index (κ1) is 22.4. The molecule has 3 aromatic heterocycles. The molecule has 5 heterocycles. The maximum absolute atomic E-state index is 13.0. The van der Waals surface area contributed by atoms with Crippen LogP contribution in [0.4, 0.5) is 33.6 Å². The van der Waals surface area contributed by atoms with E-state index in [1.54, 1.807) is 11.0 Å². The Bertz CT molecular complexity index is 1220. The third-order valence-electron chi connectivity index (χ3n) is 6.41. The molecule has 8 nitrogen and oxygen atoms in total. The van der Waals surface area contributed by atoms with E-state index < -0.39 is 24.8 Å². The van der Waals surface area contributed by atoms with E-state index in [0.717, 1.165) is 10.7 Å². The van der Waals surface area contributed by atoms with Crippen LogP contribution in [0, 0.1) is 5.41 Å². The molecule has 0 saturated carbocycles. The SMILES string of the molecule is O=C1CC2(CCN(c3cccc(C(F)(F)F)n3)CC2)CN1c1cnc2cnn(CC(F)F)c2n1. The van der Waals surface area contributed by atoms with Crippen LogP contribution in [0.1, 0.15) is 25.0 Å². The van der Waals surface area contributed by atoms with Crippen LogP contribution in [0.5, 0.6) is 0 Å². The van der Waals surface area contributed by atoms with Gasteiger partial charge >= 0.3 is 6.18 Å². The van der Waals surface area contributed by atoms with Gasteiger partial charge in [-0.3, -0.25) is 9.69 Å². The molecule has 5 rings (SSSR count). The number of hydrogen-bond acceptors (Lipinski definition) is 6. The van der Waals surface area contributed by atoms with Gasteiger partial charge in [0.25, 0.3) is 6.43 Å². The summed E-state index contributed by atoms with van der Waals surface area (Å²) in [6.07, 6.45) is -2.90. The maximum atomic E-state index is 13.0. The van der Waals surface area contributed by atoms with Crippen LogP contribution in [0.2, 0.25) is 0 Å². The molecule has 0 aromatic carbocycles. The molecule has 2 aliphatic heterocycles. The minimum Gasteiger partial charge on any atom is -0.357 e. The standard InChI is InChI=1S/C21H20F5N7O/c22-15(23)11-33-19-13(9-28-33)27-10-17(30-19)32-12-20(8-18(32)34)4-6-31(7-5-20)16-3-1-2-14(29-16)21(24,25)26/h1-3,9-10,15H,4-8,11-12H2. The Labute approximate surface area is 190 Å². The summed E-state index contributed by atoms with van der Waals surface area (Å²) in [4.78, 5) is 28.5. The van der Waals surface area contributed by atoms with Crippen molar-refractivity contribution in [3.05, 3.63) is 36.3 Å². The zero-order valence-electron chi connectivity index (χ0n) is 17.8. The van der Waals surface area contributed by atoms with Gasteiger partial charge in [-0.25, -0.2) is 28.4 Å². The number of amides is 1. The predicted molar refractivity (Wildman–Crippen MR) is 111 cm³/mol. The Kier molecular flexibility index (Phi) is 5.36. The first-order valence-corrected chi connectivity index (χ1v) is 10.7. The average Bonchev–Trinajstić information content (AvgIpc) is 3.33. The van der Waals surface area contributed by atoms with E-state index in [1.807, 2.05) is 0 Å². The second-order valence-corrected chi connectivity index (χ2v) is 8.68. The van der Waals surface area contributed by atoms with E-state index in [-0.39, 0.29) is 35.0 Å². The number of nitrogens with zero attached hydrogens (tertiary/aromatic N) is 7. The Morgan fingerprint density at radius 3 is 2.53 bits per heavy atom. The molecule has 0 radical (unpaired) electrons. The van der Waals surface area contributed by atoms with Gasteiger partial charge in [0.2, 0.25) is 5.91 Å². The van der Waals surface area contributed by atoms with Crippen LogP contribution in [-0.4, -0.2) is 56.7 Å². The van der Waals surface area contributed by atoms with Gasteiger partial charge in [0.05, 0.1) is 12.4 Å². The van der Waals surface area contributed by atoms with Gasteiger partial charge in [-0.1, -0.05) is 6.07 Å². The fraction of sp³-hybridized carbons (Fsp3) is 0.476. The maximum Gasteiger partial charge on any atom is 0.433 e. The lowest BCUT2D eigenvalue weighted by atomic mass is 9.77. The number of aromatic nitrogens is 5. The first-order chi connectivity index (χ1) is 16.1. The molecular weight excluding hydrogens is 461 g/mol. The highest BCUT2D eigenvalue weighted by Crippen LogP contribution is 2.43. The van der Waals surface area contributed by atoms with Gasteiger partial charge < -0.3 is 4.90 Å². The van der Waals surface area contributed by atoms with Crippen LogP contribution < -0.4 is 9.80 Å². The number of carbonyl (C=O) groups excluding carboxylic acids is 1. The van der Waals surface area contributed by atoms with Crippen molar-refractivity contribution >= 4 is 28.7 Å². The Balaban J connectivity index is 1.31. The van der Waals surface area contributed by atoms with E-state index >= 15 is 0 Å². The lowest BCUT2D eigenvalue weighted by Crippen LogP contribution is -2.42. The summed E-state index contributed by atoms with van der Waals surface area (Å²) >= 11 is 0. The molecule has 2 saturated heterocycles. The summed E-state index contributed by atoms with van der Waals surface area (Å²) in [5.41, 5.74) is -0.757. The van der Waals surface area contributed by atoms with Crippen LogP contribution in [-0.2, 0) is 17.5 Å². The number of anilines is 2. The number of pyridine rings is 1. The van der Waals surface area contributed by atoms with Crippen LogP contribution >= 0.6 is 0 Å². The minimum atomic E-state index is -4.52. The number of piperidine rings is 1. The van der Waals surface area contributed by atoms with Crippen molar-refractivity contribution in [2.24, 2.45) is 5.41 Å². The Morgan fingerprint density at radius 1 is 1.06 bits per heavy atom. The normalized spacial score (nSPS) is 18.6. The van der Waals surface area contributed by atoms with Gasteiger partial charge in [-0.15, -0.1) is 0 Å². The molecule has 3 aromatic rings. The predicted octanol–water partition coefficient (Wildman–Crippen LogP) is 3.53. The molecule has 0 atom stereocenters. The van der Waals surface area contributed by atoms with E-state index in [2.05, 4.69) is 20.1 Å². The number of carbonyl (C=O) groups is 1. The zero-order valence-corrected chi connectivity index (χ0v) is 17.8. The van der Waals surface area contributed by atoms with Gasteiger partial charge in [0.1, 0.15) is 23.6 Å². The van der Waals surface area contributed by atoms with E-state index in [4.69, 9.17) is 0 Å². The lowest BCUT2D eigenvalue weighted by Gasteiger charge is -2.39. The molecule has 0 aliphatic carbocycles. The lowest BCUT2D eigenvalue weighted by molar-refractivity contribution is -0.141. The molecule has 0 unspecified atom stereocenters. The molecule has 34 heavy (non-hydrogen) atoms.